The van der Waals surface area contributed by atoms with Crippen molar-refractivity contribution in [2.24, 2.45) is 5.16 Å². The minimum atomic E-state index is 0.173. The molecule has 0 N–H and O–H groups in total. The lowest BCUT2D eigenvalue weighted by atomic mass is 10.1. The highest BCUT2D eigenvalue weighted by Gasteiger charge is 2.18. The molecule has 0 bridgehead atoms. The summed E-state index contributed by atoms with van der Waals surface area (Å²) in [4.78, 5) is 19.5. The number of hydrogen-bond donors (Lipinski definition) is 0. The standard InChI is InChI=1S/C16H22N2O3/c1-20-11-12-21-17-15-7-9-18(10-8-15)13-16(19)14-5-3-2-4-6-14/h2-6H,7-13H2,1H3. The Balaban J connectivity index is 1.73. The molecule has 0 radical (unpaired) electrons. The van der Waals surface area contributed by atoms with E-state index >= 15 is 0 Å². The van der Waals surface area contributed by atoms with Gasteiger partial charge in [-0.05, 0) is 0 Å². The molecule has 0 aliphatic carbocycles. The summed E-state index contributed by atoms with van der Waals surface area (Å²) in [5, 5.41) is 4.12. The molecule has 1 saturated heterocycles. The van der Waals surface area contributed by atoms with Crippen molar-refractivity contribution in [2.45, 2.75) is 12.8 Å². The van der Waals surface area contributed by atoms with E-state index in [0.29, 0.717) is 19.8 Å². The summed E-state index contributed by atoms with van der Waals surface area (Å²) in [5.74, 6) is 0.173. The van der Waals surface area contributed by atoms with Gasteiger partial charge in [-0.3, -0.25) is 9.69 Å². The first kappa shape index (κ1) is 15.7. The van der Waals surface area contributed by atoms with Crippen LogP contribution in [0.2, 0.25) is 0 Å². The van der Waals surface area contributed by atoms with Gasteiger partial charge in [0.05, 0.1) is 18.9 Å². The van der Waals surface area contributed by atoms with Crippen LogP contribution in [0.15, 0.2) is 35.5 Å². The van der Waals surface area contributed by atoms with Crippen LogP contribution in [0.3, 0.4) is 0 Å². The number of ketones is 1. The molecule has 0 amide bonds. The molecule has 1 heterocycles. The molecular formula is C16H22N2O3. The van der Waals surface area contributed by atoms with Crippen molar-refractivity contribution in [1.82, 2.24) is 4.90 Å². The number of oxime groups is 1. The molecule has 2 rings (SSSR count). The summed E-state index contributed by atoms with van der Waals surface area (Å²) in [5.41, 5.74) is 1.84. The third-order valence-corrected chi connectivity index (χ3v) is 3.47. The molecule has 1 aromatic carbocycles. The predicted octanol–water partition coefficient (Wildman–Crippen LogP) is 1.98. The largest absolute Gasteiger partial charge is 0.393 e. The lowest BCUT2D eigenvalue weighted by Gasteiger charge is -2.26. The van der Waals surface area contributed by atoms with Crippen molar-refractivity contribution >= 4 is 11.5 Å². The number of likely N-dealkylation sites (tertiary alicyclic amines) is 1. The van der Waals surface area contributed by atoms with Gasteiger partial charge in [-0.1, -0.05) is 35.5 Å². The van der Waals surface area contributed by atoms with Crippen molar-refractivity contribution in [3.05, 3.63) is 35.9 Å². The van der Waals surface area contributed by atoms with Gasteiger partial charge in [-0.15, -0.1) is 0 Å². The number of ether oxygens (including phenoxy) is 1. The lowest BCUT2D eigenvalue weighted by Crippen LogP contribution is -2.37. The summed E-state index contributed by atoms with van der Waals surface area (Å²) in [7, 11) is 1.64. The molecule has 114 valence electrons. The van der Waals surface area contributed by atoms with Gasteiger partial charge in [-0.2, -0.15) is 0 Å². The second-order valence-electron chi connectivity index (χ2n) is 5.05. The van der Waals surface area contributed by atoms with Gasteiger partial charge < -0.3 is 9.57 Å². The van der Waals surface area contributed by atoms with E-state index in [0.717, 1.165) is 37.2 Å². The monoisotopic (exact) mass is 290 g/mol. The lowest BCUT2D eigenvalue weighted by molar-refractivity contribution is 0.0735. The van der Waals surface area contributed by atoms with Gasteiger partial charge in [0.15, 0.2) is 5.78 Å². The normalized spacial score (nSPS) is 15.8. The summed E-state index contributed by atoms with van der Waals surface area (Å²) in [6.07, 6.45) is 1.71. The number of nitrogens with zero attached hydrogens (tertiary/aromatic N) is 2. The van der Waals surface area contributed by atoms with Crippen molar-refractivity contribution < 1.29 is 14.4 Å². The minimum absolute atomic E-state index is 0.173. The highest BCUT2D eigenvalue weighted by molar-refractivity contribution is 5.97. The van der Waals surface area contributed by atoms with Gasteiger partial charge in [0.25, 0.3) is 0 Å². The first-order chi connectivity index (χ1) is 10.3. The van der Waals surface area contributed by atoms with Crippen LogP contribution in [-0.2, 0) is 9.57 Å². The number of rotatable bonds is 7. The van der Waals surface area contributed by atoms with Crippen LogP contribution in [0.1, 0.15) is 23.2 Å². The maximum atomic E-state index is 12.1. The number of methoxy groups -OCH3 is 1. The second kappa shape index (κ2) is 8.54. The molecular weight excluding hydrogens is 268 g/mol. The Morgan fingerprint density at radius 2 is 1.90 bits per heavy atom. The fourth-order valence-electron chi connectivity index (χ4n) is 2.24. The molecule has 1 aliphatic heterocycles. The number of hydrogen-bond acceptors (Lipinski definition) is 5. The Bertz CT molecular complexity index is 464. The average Bonchev–Trinajstić information content (AvgIpc) is 2.54. The molecule has 0 unspecified atom stereocenters. The average molecular weight is 290 g/mol. The van der Waals surface area contributed by atoms with E-state index < -0.39 is 0 Å². The molecule has 21 heavy (non-hydrogen) atoms. The Hall–Kier alpha value is -1.72. The van der Waals surface area contributed by atoms with Gasteiger partial charge >= 0.3 is 0 Å². The number of carbonyl (C=O) groups is 1. The van der Waals surface area contributed by atoms with Crippen LogP contribution in [0.25, 0.3) is 0 Å². The SMILES string of the molecule is COCCON=C1CCN(CC(=O)c2ccccc2)CC1. The van der Waals surface area contributed by atoms with E-state index in [1.807, 2.05) is 30.3 Å². The van der Waals surface area contributed by atoms with Crippen LogP contribution in [0.4, 0.5) is 0 Å². The third kappa shape index (κ3) is 5.28. The van der Waals surface area contributed by atoms with Crippen LogP contribution >= 0.6 is 0 Å². The third-order valence-electron chi connectivity index (χ3n) is 3.47. The molecule has 0 spiro atoms. The molecule has 0 atom stereocenters. The summed E-state index contributed by atoms with van der Waals surface area (Å²) < 4.78 is 4.89. The maximum Gasteiger partial charge on any atom is 0.176 e. The molecule has 0 saturated carbocycles. The predicted molar refractivity (Wildman–Crippen MR) is 81.7 cm³/mol. The molecule has 5 heteroatoms. The van der Waals surface area contributed by atoms with Crippen LogP contribution < -0.4 is 0 Å². The van der Waals surface area contributed by atoms with Crippen molar-refractivity contribution in [3.63, 3.8) is 0 Å². The van der Waals surface area contributed by atoms with E-state index in [1.165, 1.54) is 0 Å². The number of Topliss-reactive ketones (excluding diaryl/α,β-unsaturated/α-hetero) is 1. The highest BCUT2D eigenvalue weighted by Crippen LogP contribution is 2.09. The van der Waals surface area contributed by atoms with Gasteiger partial charge in [0, 0.05) is 38.6 Å². The molecule has 1 aliphatic rings. The van der Waals surface area contributed by atoms with E-state index in [-0.39, 0.29) is 5.78 Å². The van der Waals surface area contributed by atoms with Gasteiger partial charge in [0.2, 0.25) is 0 Å². The number of carbonyl (C=O) groups excluding carboxylic acids is 1. The van der Waals surface area contributed by atoms with Crippen molar-refractivity contribution in [2.75, 3.05) is 40.0 Å². The Morgan fingerprint density at radius 1 is 1.19 bits per heavy atom. The Kier molecular flexibility index (Phi) is 6.37. The quantitative estimate of drug-likeness (QED) is 0.438. The second-order valence-corrected chi connectivity index (χ2v) is 5.05. The fraction of sp³-hybridized carbons (Fsp3) is 0.500. The van der Waals surface area contributed by atoms with E-state index in [2.05, 4.69) is 10.1 Å². The summed E-state index contributed by atoms with van der Waals surface area (Å²) >= 11 is 0. The van der Waals surface area contributed by atoms with Crippen LogP contribution in [0, 0.1) is 0 Å². The zero-order valence-corrected chi connectivity index (χ0v) is 12.5. The summed E-state index contributed by atoms with van der Waals surface area (Å²) in [6.45, 7) is 3.21. The number of piperidine rings is 1. The van der Waals surface area contributed by atoms with E-state index in [1.54, 1.807) is 7.11 Å². The van der Waals surface area contributed by atoms with Crippen LogP contribution in [0.5, 0.6) is 0 Å². The van der Waals surface area contributed by atoms with E-state index in [9.17, 15) is 4.79 Å². The highest BCUT2D eigenvalue weighted by atomic mass is 16.6. The molecule has 0 aromatic heterocycles. The van der Waals surface area contributed by atoms with Gasteiger partial charge in [0.1, 0.15) is 6.61 Å². The fourth-order valence-corrected chi connectivity index (χ4v) is 2.24. The first-order valence-corrected chi connectivity index (χ1v) is 7.27. The van der Waals surface area contributed by atoms with E-state index in [4.69, 9.17) is 9.57 Å². The van der Waals surface area contributed by atoms with Crippen LogP contribution in [-0.4, -0.2) is 56.4 Å². The minimum Gasteiger partial charge on any atom is -0.393 e. The van der Waals surface area contributed by atoms with Crippen molar-refractivity contribution in [3.8, 4) is 0 Å². The maximum absolute atomic E-state index is 12.1. The Labute approximate surface area is 125 Å². The zero-order valence-electron chi connectivity index (χ0n) is 12.5. The molecule has 1 fully saturated rings. The topological polar surface area (TPSA) is 51.1 Å². The Morgan fingerprint density at radius 3 is 2.57 bits per heavy atom. The summed E-state index contributed by atoms with van der Waals surface area (Å²) in [6, 6.07) is 9.44. The molecule has 1 aromatic rings. The van der Waals surface area contributed by atoms with Crippen molar-refractivity contribution in [1.29, 1.82) is 0 Å². The molecule has 5 nitrogen and oxygen atoms in total. The van der Waals surface area contributed by atoms with Gasteiger partial charge in [-0.25, -0.2) is 0 Å². The first-order valence-electron chi connectivity index (χ1n) is 7.27. The smallest absolute Gasteiger partial charge is 0.176 e. The zero-order chi connectivity index (χ0) is 14.9. The number of benzene rings is 1.